The molecule has 0 unspecified atom stereocenters. The molecule has 0 spiro atoms. The van der Waals surface area contributed by atoms with Crippen LogP contribution in [0.1, 0.15) is 25.0 Å². The van der Waals surface area contributed by atoms with Crippen LogP contribution in [0.4, 0.5) is 5.82 Å². The van der Waals surface area contributed by atoms with E-state index in [0.717, 1.165) is 23.4 Å². The summed E-state index contributed by atoms with van der Waals surface area (Å²) < 4.78 is 7.10. The topological polar surface area (TPSA) is 56.1 Å². The lowest BCUT2D eigenvalue weighted by Crippen LogP contribution is -2.15. The maximum absolute atomic E-state index is 12.1. The van der Waals surface area contributed by atoms with Gasteiger partial charge in [0.2, 0.25) is 5.91 Å². The number of benzene rings is 1. The number of carbonyl (C=O) groups excluding carboxylic acids is 1. The molecule has 0 atom stereocenters. The number of anilines is 1. The molecule has 0 radical (unpaired) electrons. The zero-order chi connectivity index (χ0) is 16.8. The summed E-state index contributed by atoms with van der Waals surface area (Å²) in [6.07, 6.45) is 4.94. The van der Waals surface area contributed by atoms with Crippen molar-refractivity contribution in [1.82, 2.24) is 9.78 Å². The van der Waals surface area contributed by atoms with Gasteiger partial charge in [0.15, 0.2) is 0 Å². The van der Waals surface area contributed by atoms with Gasteiger partial charge in [-0.15, -0.1) is 0 Å². The maximum atomic E-state index is 12.1. The molecule has 2 aromatic rings. The Morgan fingerprint density at radius 1 is 1.39 bits per heavy atom. The highest BCUT2D eigenvalue weighted by atomic mass is 16.5. The summed E-state index contributed by atoms with van der Waals surface area (Å²) in [7, 11) is 1.62. The van der Waals surface area contributed by atoms with Crippen LogP contribution in [0.5, 0.6) is 5.75 Å². The highest BCUT2D eigenvalue weighted by molar-refractivity contribution is 6.01. The number of methoxy groups -OCH3 is 1. The highest BCUT2D eigenvalue weighted by Gasteiger charge is 2.07. The molecule has 0 aliphatic rings. The van der Waals surface area contributed by atoms with Crippen molar-refractivity contribution in [3.05, 3.63) is 47.7 Å². The number of nitrogens with zero attached hydrogens (tertiary/aromatic N) is 2. The van der Waals surface area contributed by atoms with Crippen LogP contribution in [-0.4, -0.2) is 22.8 Å². The van der Waals surface area contributed by atoms with E-state index in [-0.39, 0.29) is 5.91 Å². The quantitative estimate of drug-likeness (QED) is 0.830. The molecule has 0 saturated carbocycles. The van der Waals surface area contributed by atoms with Gasteiger partial charge in [0.1, 0.15) is 11.6 Å². The van der Waals surface area contributed by atoms with Gasteiger partial charge in [-0.2, -0.15) is 5.10 Å². The highest BCUT2D eigenvalue weighted by Crippen LogP contribution is 2.21. The van der Waals surface area contributed by atoms with E-state index in [9.17, 15) is 4.79 Å². The van der Waals surface area contributed by atoms with Gasteiger partial charge >= 0.3 is 0 Å². The molecular weight excluding hydrogens is 290 g/mol. The van der Waals surface area contributed by atoms with Gasteiger partial charge in [-0.25, -0.2) is 4.68 Å². The first kappa shape index (κ1) is 16.8. The predicted octanol–water partition coefficient (Wildman–Crippen LogP) is 3.51. The van der Waals surface area contributed by atoms with Gasteiger partial charge in [0.25, 0.3) is 0 Å². The molecule has 0 fully saturated rings. The van der Waals surface area contributed by atoms with Gasteiger partial charge < -0.3 is 10.1 Å². The Kier molecular flexibility index (Phi) is 5.57. The van der Waals surface area contributed by atoms with Crippen LogP contribution in [0.2, 0.25) is 0 Å². The summed E-state index contributed by atoms with van der Waals surface area (Å²) in [4.78, 5) is 12.1. The second-order valence-corrected chi connectivity index (χ2v) is 5.86. The summed E-state index contributed by atoms with van der Waals surface area (Å²) >= 11 is 0. The van der Waals surface area contributed by atoms with Crippen LogP contribution in [0.3, 0.4) is 0 Å². The number of aryl methyl sites for hydroxylation is 1. The SMILES string of the molecule is COc1ccc(C)cc1/C=C/C(=O)Nc1ccnn1CC(C)C. The van der Waals surface area contributed by atoms with E-state index >= 15 is 0 Å². The average molecular weight is 313 g/mol. The minimum absolute atomic E-state index is 0.195. The number of hydrogen-bond donors (Lipinski definition) is 1. The third kappa shape index (κ3) is 4.71. The largest absolute Gasteiger partial charge is 0.496 e. The number of carbonyl (C=O) groups is 1. The van der Waals surface area contributed by atoms with E-state index in [1.54, 1.807) is 30.1 Å². The van der Waals surface area contributed by atoms with Gasteiger partial charge in [-0.05, 0) is 31.1 Å². The van der Waals surface area contributed by atoms with Gasteiger partial charge in [0.05, 0.1) is 13.3 Å². The summed E-state index contributed by atoms with van der Waals surface area (Å²) in [5.41, 5.74) is 1.99. The number of nitrogens with one attached hydrogen (secondary N) is 1. The Bertz CT molecular complexity index is 702. The van der Waals surface area contributed by atoms with Gasteiger partial charge in [0, 0.05) is 24.3 Å². The number of aromatic nitrogens is 2. The molecule has 5 heteroatoms. The van der Waals surface area contributed by atoms with Crippen LogP contribution >= 0.6 is 0 Å². The van der Waals surface area contributed by atoms with Crippen molar-refractivity contribution in [2.45, 2.75) is 27.3 Å². The van der Waals surface area contributed by atoms with E-state index in [0.29, 0.717) is 11.7 Å². The van der Waals surface area contributed by atoms with Crippen LogP contribution in [-0.2, 0) is 11.3 Å². The number of rotatable bonds is 6. The normalized spacial score (nSPS) is 11.2. The lowest BCUT2D eigenvalue weighted by atomic mass is 10.1. The average Bonchev–Trinajstić information content (AvgIpc) is 2.91. The predicted molar refractivity (Wildman–Crippen MR) is 92.5 cm³/mol. The molecule has 0 saturated heterocycles. The smallest absolute Gasteiger partial charge is 0.249 e. The Morgan fingerprint density at radius 3 is 2.87 bits per heavy atom. The van der Waals surface area contributed by atoms with Crippen molar-refractivity contribution in [1.29, 1.82) is 0 Å². The molecule has 0 bridgehead atoms. The second kappa shape index (κ2) is 7.63. The number of ether oxygens (including phenoxy) is 1. The number of amides is 1. The van der Waals surface area contributed by atoms with Crippen LogP contribution in [0, 0.1) is 12.8 Å². The van der Waals surface area contributed by atoms with Crippen molar-refractivity contribution in [3.63, 3.8) is 0 Å². The molecule has 23 heavy (non-hydrogen) atoms. The fourth-order valence-corrected chi connectivity index (χ4v) is 2.25. The molecule has 2 rings (SSSR count). The first-order valence-electron chi connectivity index (χ1n) is 7.65. The molecule has 1 N–H and O–H groups in total. The van der Waals surface area contributed by atoms with Gasteiger partial charge in [-0.3, -0.25) is 4.79 Å². The number of hydrogen-bond acceptors (Lipinski definition) is 3. The Balaban J connectivity index is 2.08. The van der Waals surface area contributed by atoms with Crippen molar-refractivity contribution in [2.75, 3.05) is 12.4 Å². The zero-order valence-corrected chi connectivity index (χ0v) is 14.0. The van der Waals surface area contributed by atoms with Crippen molar-refractivity contribution in [3.8, 4) is 5.75 Å². The molecule has 1 heterocycles. The van der Waals surface area contributed by atoms with E-state index in [4.69, 9.17) is 4.74 Å². The monoisotopic (exact) mass is 313 g/mol. The van der Waals surface area contributed by atoms with E-state index in [1.807, 2.05) is 25.1 Å². The Hall–Kier alpha value is -2.56. The maximum Gasteiger partial charge on any atom is 0.249 e. The molecule has 122 valence electrons. The lowest BCUT2D eigenvalue weighted by Gasteiger charge is -2.10. The second-order valence-electron chi connectivity index (χ2n) is 5.86. The molecule has 5 nitrogen and oxygen atoms in total. The first-order valence-corrected chi connectivity index (χ1v) is 7.65. The van der Waals surface area contributed by atoms with E-state index in [2.05, 4.69) is 24.3 Å². The minimum Gasteiger partial charge on any atom is -0.496 e. The molecule has 1 aromatic heterocycles. The minimum atomic E-state index is -0.195. The Morgan fingerprint density at radius 2 is 2.17 bits per heavy atom. The summed E-state index contributed by atoms with van der Waals surface area (Å²) in [6, 6.07) is 7.64. The summed E-state index contributed by atoms with van der Waals surface area (Å²) in [6.45, 7) is 6.98. The van der Waals surface area contributed by atoms with Crippen molar-refractivity contribution in [2.24, 2.45) is 5.92 Å². The molecule has 0 aliphatic heterocycles. The zero-order valence-electron chi connectivity index (χ0n) is 14.0. The van der Waals surface area contributed by atoms with Crippen molar-refractivity contribution < 1.29 is 9.53 Å². The molecule has 0 aliphatic carbocycles. The van der Waals surface area contributed by atoms with Gasteiger partial charge in [-0.1, -0.05) is 25.5 Å². The standard InChI is InChI=1S/C18H23N3O2/c1-13(2)12-21-17(9-10-19-21)20-18(22)8-6-15-11-14(3)5-7-16(15)23-4/h5-11,13H,12H2,1-4H3,(H,20,22)/b8-6+. The van der Waals surface area contributed by atoms with Crippen molar-refractivity contribution >= 4 is 17.8 Å². The first-order chi connectivity index (χ1) is 11.0. The third-order valence-corrected chi connectivity index (χ3v) is 3.31. The van der Waals surface area contributed by atoms with Crippen LogP contribution < -0.4 is 10.1 Å². The van der Waals surface area contributed by atoms with Crippen LogP contribution in [0.15, 0.2) is 36.5 Å². The third-order valence-electron chi connectivity index (χ3n) is 3.31. The molecular formula is C18H23N3O2. The molecule has 1 aromatic carbocycles. The van der Waals surface area contributed by atoms with E-state index in [1.165, 1.54) is 6.08 Å². The Labute approximate surface area is 137 Å². The summed E-state index contributed by atoms with van der Waals surface area (Å²) in [5.74, 6) is 1.70. The lowest BCUT2D eigenvalue weighted by molar-refractivity contribution is -0.111. The fraction of sp³-hybridized carbons (Fsp3) is 0.333. The van der Waals surface area contributed by atoms with Crippen LogP contribution in [0.25, 0.3) is 6.08 Å². The summed E-state index contributed by atoms with van der Waals surface area (Å²) in [5, 5.41) is 7.08. The fourth-order valence-electron chi connectivity index (χ4n) is 2.25. The molecule has 1 amide bonds. The van der Waals surface area contributed by atoms with E-state index < -0.39 is 0 Å².